The highest BCUT2D eigenvalue weighted by Crippen LogP contribution is 2.07. The van der Waals surface area contributed by atoms with Crippen molar-refractivity contribution in [1.82, 2.24) is 0 Å². The predicted molar refractivity (Wildman–Crippen MR) is 39.6 cm³/mol. The van der Waals surface area contributed by atoms with Gasteiger partial charge in [-0.25, -0.2) is 0 Å². The fraction of sp³-hybridized carbons (Fsp3) is 0.833. The summed E-state index contributed by atoms with van der Waals surface area (Å²) in [5, 5.41) is 0. The molecule has 0 rings (SSSR count). The Morgan fingerprint density at radius 3 is 2.11 bits per heavy atom. The van der Waals surface area contributed by atoms with E-state index in [2.05, 4.69) is 15.9 Å². The second-order valence-electron chi connectivity index (χ2n) is 1.99. The standard InChI is InChI=1S/C6H11BrO2/c1-4(7)5(2)9-6(3)8/h4-5H,1-3H3/t4-,5-/m1/s1. The second-order valence-corrected chi connectivity index (χ2v) is 3.44. The highest BCUT2D eigenvalue weighted by Gasteiger charge is 2.10. The molecule has 0 aliphatic carbocycles. The highest BCUT2D eigenvalue weighted by molar-refractivity contribution is 9.09. The van der Waals surface area contributed by atoms with Gasteiger partial charge in [-0.3, -0.25) is 4.79 Å². The lowest BCUT2D eigenvalue weighted by molar-refractivity contribution is -0.145. The molecule has 0 unspecified atom stereocenters. The number of alkyl halides is 1. The van der Waals surface area contributed by atoms with E-state index in [-0.39, 0.29) is 16.9 Å². The maximum absolute atomic E-state index is 10.3. The first-order chi connectivity index (χ1) is 4.04. The zero-order valence-electron chi connectivity index (χ0n) is 5.85. The second kappa shape index (κ2) is 3.88. The van der Waals surface area contributed by atoms with E-state index < -0.39 is 0 Å². The fourth-order valence-electron chi connectivity index (χ4n) is 0.356. The lowest BCUT2D eigenvalue weighted by atomic mass is 10.3. The Hall–Kier alpha value is -0.0500. The molecule has 0 aliphatic rings. The summed E-state index contributed by atoms with van der Waals surface area (Å²) >= 11 is 3.29. The molecule has 0 spiro atoms. The number of carbonyl (C=O) groups excluding carboxylic acids is 1. The van der Waals surface area contributed by atoms with Gasteiger partial charge >= 0.3 is 5.97 Å². The maximum atomic E-state index is 10.3. The van der Waals surface area contributed by atoms with Crippen molar-refractivity contribution in [2.45, 2.75) is 31.7 Å². The van der Waals surface area contributed by atoms with E-state index >= 15 is 0 Å². The minimum Gasteiger partial charge on any atom is -0.462 e. The van der Waals surface area contributed by atoms with Crippen LogP contribution in [0.25, 0.3) is 0 Å². The fourth-order valence-corrected chi connectivity index (χ4v) is 0.463. The number of ether oxygens (including phenoxy) is 1. The first kappa shape index (κ1) is 8.95. The van der Waals surface area contributed by atoms with Crippen LogP contribution in [0.2, 0.25) is 0 Å². The topological polar surface area (TPSA) is 26.3 Å². The smallest absolute Gasteiger partial charge is 0.302 e. The minimum absolute atomic E-state index is 0.0394. The van der Waals surface area contributed by atoms with Crippen LogP contribution >= 0.6 is 15.9 Å². The van der Waals surface area contributed by atoms with Crippen molar-refractivity contribution in [3.05, 3.63) is 0 Å². The molecule has 0 bridgehead atoms. The monoisotopic (exact) mass is 194 g/mol. The molecule has 0 N–H and O–H groups in total. The lowest BCUT2D eigenvalue weighted by Crippen LogP contribution is -2.20. The van der Waals surface area contributed by atoms with Gasteiger partial charge in [0.05, 0.1) is 0 Å². The Morgan fingerprint density at radius 2 is 2.00 bits per heavy atom. The van der Waals surface area contributed by atoms with Crippen molar-refractivity contribution in [2.24, 2.45) is 0 Å². The summed E-state index contributed by atoms with van der Waals surface area (Å²) in [6, 6.07) is 0. The SMILES string of the molecule is CC(=O)O[C@H](C)[C@@H](C)Br. The van der Waals surface area contributed by atoms with Gasteiger partial charge in [0.25, 0.3) is 0 Å². The number of carbonyl (C=O) groups is 1. The Bertz CT molecular complexity index is 101. The average Bonchev–Trinajstić information content (AvgIpc) is 1.63. The Balaban J connectivity index is 3.50. The molecule has 0 heterocycles. The largest absolute Gasteiger partial charge is 0.462 e. The van der Waals surface area contributed by atoms with Gasteiger partial charge in [0, 0.05) is 11.8 Å². The van der Waals surface area contributed by atoms with Gasteiger partial charge in [0.2, 0.25) is 0 Å². The van der Waals surface area contributed by atoms with Gasteiger partial charge in [-0.05, 0) is 13.8 Å². The Kier molecular flexibility index (Phi) is 3.86. The number of rotatable bonds is 2. The van der Waals surface area contributed by atoms with Crippen LogP contribution in [-0.4, -0.2) is 16.9 Å². The van der Waals surface area contributed by atoms with E-state index in [1.54, 1.807) is 0 Å². The van der Waals surface area contributed by atoms with Crippen molar-refractivity contribution in [3.8, 4) is 0 Å². The molecule has 9 heavy (non-hydrogen) atoms. The molecule has 0 aromatic carbocycles. The maximum Gasteiger partial charge on any atom is 0.302 e. The summed E-state index contributed by atoms with van der Waals surface area (Å²) in [5.74, 6) is -0.228. The molecule has 2 nitrogen and oxygen atoms in total. The normalized spacial score (nSPS) is 16.4. The van der Waals surface area contributed by atoms with E-state index in [9.17, 15) is 4.79 Å². The van der Waals surface area contributed by atoms with Gasteiger partial charge in [0.1, 0.15) is 6.10 Å². The van der Waals surface area contributed by atoms with Crippen LogP contribution in [-0.2, 0) is 9.53 Å². The first-order valence-electron chi connectivity index (χ1n) is 2.85. The zero-order valence-corrected chi connectivity index (χ0v) is 7.44. The van der Waals surface area contributed by atoms with Gasteiger partial charge in [-0.1, -0.05) is 15.9 Å². The summed E-state index contributed by atoms with van der Waals surface area (Å²) in [6.45, 7) is 5.19. The molecule has 0 saturated heterocycles. The molecule has 0 aliphatic heterocycles. The molecule has 0 aromatic heterocycles. The molecule has 0 amide bonds. The van der Waals surface area contributed by atoms with Crippen LogP contribution in [0.4, 0.5) is 0 Å². The first-order valence-corrected chi connectivity index (χ1v) is 3.77. The van der Waals surface area contributed by atoms with Crippen LogP contribution < -0.4 is 0 Å². The third-order valence-corrected chi connectivity index (χ3v) is 1.74. The summed E-state index contributed by atoms with van der Waals surface area (Å²) in [5.41, 5.74) is 0. The molecule has 3 heteroatoms. The molecule has 54 valence electrons. The molecule has 0 fully saturated rings. The molecule has 0 radical (unpaired) electrons. The number of hydrogen-bond acceptors (Lipinski definition) is 2. The van der Waals surface area contributed by atoms with E-state index in [0.717, 1.165) is 0 Å². The summed E-state index contributed by atoms with van der Waals surface area (Å²) in [6.07, 6.45) is -0.0394. The van der Waals surface area contributed by atoms with E-state index in [1.165, 1.54) is 6.92 Å². The van der Waals surface area contributed by atoms with Crippen molar-refractivity contribution in [2.75, 3.05) is 0 Å². The van der Waals surface area contributed by atoms with Crippen LogP contribution in [0.15, 0.2) is 0 Å². The summed E-state index contributed by atoms with van der Waals surface area (Å²) < 4.78 is 4.83. The van der Waals surface area contributed by atoms with Crippen LogP contribution in [0, 0.1) is 0 Å². The van der Waals surface area contributed by atoms with E-state index in [1.807, 2.05) is 13.8 Å². The van der Waals surface area contributed by atoms with Crippen LogP contribution in [0.3, 0.4) is 0 Å². The molecule has 0 saturated carbocycles. The third kappa shape index (κ3) is 4.45. The zero-order chi connectivity index (χ0) is 7.44. The lowest BCUT2D eigenvalue weighted by Gasteiger charge is -2.12. The Labute approximate surface area is 63.7 Å². The van der Waals surface area contributed by atoms with Crippen molar-refractivity contribution < 1.29 is 9.53 Å². The highest BCUT2D eigenvalue weighted by atomic mass is 79.9. The van der Waals surface area contributed by atoms with E-state index in [0.29, 0.717) is 0 Å². The van der Waals surface area contributed by atoms with Crippen LogP contribution in [0.1, 0.15) is 20.8 Å². The molecular weight excluding hydrogens is 184 g/mol. The van der Waals surface area contributed by atoms with Gasteiger partial charge in [0.15, 0.2) is 0 Å². The van der Waals surface area contributed by atoms with Gasteiger partial charge < -0.3 is 4.74 Å². The van der Waals surface area contributed by atoms with E-state index in [4.69, 9.17) is 4.74 Å². The van der Waals surface area contributed by atoms with Crippen molar-refractivity contribution in [1.29, 1.82) is 0 Å². The van der Waals surface area contributed by atoms with Crippen molar-refractivity contribution in [3.63, 3.8) is 0 Å². The third-order valence-electron chi connectivity index (χ3n) is 0.999. The predicted octanol–water partition coefficient (Wildman–Crippen LogP) is 1.72. The minimum atomic E-state index is -0.228. The average molecular weight is 195 g/mol. The Morgan fingerprint density at radius 1 is 1.56 bits per heavy atom. The molecular formula is C6H11BrO2. The number of esters is 1. The molecule has 0 aromatic rings. The van der Waals surface area contributed by atoms with Crippen LogP contribution in [0.5, 0.6) is 0 Å². The van der Waals surface area contributed by atoms with Gasteiger partial charge in [-0.2, -0.15) is 0 Å². The summed E-state index contributed by atoms with van der Waals surface area (Å²) in [4.78, 5) is 10.5. The quantitative estimate of drug-likeness (QED) is 0.495. The number of halogens is 1. The van der Waals surface area contributed by atoms with Gasteiger partial charge in [-0.15, -0.1) is 0 Å². The van der Waals surface area contributed by atoms with Crippen molar-refractivity contribution >= 4 is 21.9 Å². The summed E-state index contributed by atoms with van der Waals surface area (Å²) in [7, 11) is 0. The number of hydrogen-bond donors (Lipinski definition) is 0. The molecule has 2 atom stereocenters.